The van der Waals surface area contributed by atoms with E-state index in [1.807, 2.05) is 48.8 Å². The molecule has 0 saturated heterocycles. The molecule has 7 nitrogen and oxygen atoms in total. The minimum absolute atomic E-state index is 0.0815. The van der Waals surface area contributed by atoms with Crippen LogP contribution in [0.3, 0.4) is 0 Å². The molecule has 2 aromatic heterocycles. The van der Waals surface area contributed by atoms with Crippen molar-refractivity contribution in [1.82, 2.24) is 9.55 Å². The summed E-state index contributed by atoms with van der Waals surface area (Å²) in [5.41, 5.74) is 5.11. The lowest BCUT2D eigenvalue weighted by atomic mass is 10.1. The van der Waals surface area contributed by atoms with Crippen LogP contribution < -0.4 is 19.5 Å². The fourth-order valence-electron chi connectivity index (χ4n) is 3.92. The van der Waals surface area contributed by atoms with Gasteiger partial charge < -0.3 is 24.1 Å². The van der Waals surface area contributed by atoms with Crippen molar-refractivity contribution in [2.24, 2.45) is 7.05 Å². The molecule has 0 aliphatic carbocycles. The van der Waals surface area contributed by atoms with Gasteiger partial charge in [0.2, 0.25) is 5.91 Å². The molecule has 0 atom stereocenters. The second-order valence-electron chi connectivity index (χ2n) is 7.68. The zero-order valence-electron chi connectivity index (χ0n) is 19.4. The number of anilines is 1. The number of ether oxygens (including phenoxy) is 3. The SMILES string of the molecule is COc1ccc2c(c1)c(-c1csc(NC(=O)CCc3ccc(OC)c(OC)c3)n1)c(C)n2C. The van der Waals surface area contributed by atoms with E-state index in [9.17, 15) is 4.79 Å². The maximum atomic E-state index is 12.6. The first-order chi connectivity index (χ1) is 15.9. The van der Waals surface area contributed by atoms with Crippen LogP contribution in [0.15, 0.2) is 41.8 Å². The Hall–Kier alpha value is -3.52. The molecule has 33 heavy (non-hydrogen) atoms. The van der Waals surface area contributed by atoms with Crippen LogP contribution in [0.2, 0.25) is 0 Å². The number of methoxy groups -OCH3 is 3. The number of carbonyl (C=O) groups is 1. The fraction of sp³-hybridized carbons (Fsp3) is 0.280. The molecule has 0 saturated carbocycles. The summed E-state index contributed by atoms with van der Waals surface area (Å²) in [6, 6.07) is 11.7. The molecule has 0 radical (unpaired) electrons. The number of aromatic nitrogens is 2. The van der Waals surface area contributed by atoms with Crippen LogP contribution in [-0.4, -0.2) is 36.8 Å². The van der Waals surface area contributed by atoms with E-state index in [0.29, 0.717) is 29.5 Å². The minimum Gasteiger partial charge on any atom is -0.497 e. The van der Waals surface area contributed by atoms with E-state index in [2.05, 4.69) is 16.8 Å². The Labute approximate surface area is 196 Å². The largest absolute Gasteiger partial charge is 0.497 e. The number of aryl methyl sites for hydroxylation is 2. The number of benzene rings is 2. The van der Waals surface area contributed by atoms with E-state index < -0.39 is 0 Å². The normalized spacial score (nSPS) is 10.9. The van der Waals surface area contributed by atoms with Crippen LogP contribution in [0.25, 0.3) is 22.2 Å². The first kappa shape index (κ1) is 22.7. The van der Waals surface area contributed by atoms with E-state index in [1.54, 1.807) is 21.3 Å². The van der Waals surface area contributed by atoms with Gasteiger partial charge in [0.05, 0.1) is 27.0 Å². The monoisotopic (exact) mass is 465 g/mol. The van der Waals surface area contributed by atoms with Crippen molar-refractivity contribution < 1.29 is 19.0 Å². The molecule has 0 aliphatic heterocycles. The number of rotatable bonds is 8. The van der Waals surface area contributed by atoms with Crippen LogP contribution in [0, 0.1) is 6.92 Å². The van der Waals surface area contributed by atoms with Crippen molar-refractivity contribution in [2.75, 3.05) is 26.6 Å². The predicted molar refractivity (Wildman–Crippen MR) is 132 cm³/mol. The molecular formula is C25H27N3O4S. The van der Waals surface area contributed by atoms with Crippen LogP contribution in [0.4, 0.5) is 5.13 Å². The van der Waals surface area contributed by atoms with Gasteiger partial charge in [0.1, 0.15) is 5.75 Å². The van der Waals surface area contributed by atoms with Gasteiger partial charge in [-0.15, -0.1) is 11.3 Å². The number of hydrogen-bond acceptors (Lipinski definition) is 6. The second-order valence-corrected chi connectivity index (χ2v) is 8.54. The lowest BCUT2D eigenvalue weighted by Gasteiger charge is -2.09. The molecule has 4 aromatic rings. The average molecular weight is 466 g/mol. The molecule has 2 aromatic carbocycles. The number of nitrogens with one attached hydrogen (secondary N) is 1. The molecule has 172 valence electrons. The summed E-state index contributed by atoms with van der Waals surface area (Å²) >= 11 is 1.42. The molecule has 8 heteroatoms. The Morgan fingerprint density at radius 1 is 1.06 bits per heavy atom. The zero-order chi connectivity index (χ0) is 23.5. The number of carbonyl (C=O) groups excluding carboxylic acids is 1. The smallest absolute Gasteiger partial charge is 0.226 e. The highest BCUT2D eigenvalue weighted by Crippen LogP contribution is 2.37. The van der Waals surface area contributed by atoms with Crippen molar-refractivity contribution in [2.45, 2.75) is 19.8 Å². The van der Waals surface area contributed by atoms with Crippen LogP contribution in [0.1, 0.15) is 17.7 Å². The number of nitrogens with zero attached hydrogens (tertiary/aromatic N) is 2. The van der Waals surface area contributed by atoms with Gasteiger partial charge in [-0.3, -0.25) is 4.79 Å². The average Bonchev–Trinajstić information content (AvgIpc) is 3.38. The Morgan fingerprint density at radius 3 is 2.58 bits per heavy atom. The van der Waals surface area contributed by atoms with E-state index in [1.165, 1.54) is 11.3 Å². The van der Waals surface area contributed by atoms with Gasteiger partial charge in [0.25, 0.3) is 0 Å². The quantitative estimate of drug-likeness (QED) is 0.387. The maximum absolute atomic E-state index is 12.6. The van der Waals surface area contributed by atoms with Crippen molar-refractivity contribution in [1.29, 1.82) is 0 Å². The van der Waals surface area contributed by atoms with Gasteiger partial charge in [0, 0.05) is 41.0 Å². The zero-order valence-corrected chi connectivity index (χ0v) is 20.2. The van der Waals surface area contributed by atoms with Crippen molar-refractivity contribution in [3.63, 3.8) is 0 Å². The van der Waals surface area contributed by atoms with Gasteiger partial charge in [-0.1, -0.05) is 6.07 Å². The third-order valence-electron chi connectivity index (χ3n) is 5.79. The maximum Gasteiger partial charge on any atom is 0.226 e. The van der Waals surface area contributed by atoms with E-state index in [0.717, 1.165) is 39.2 Å². The van der Waals surface area contributed by atoms with Gasteiger partial charge >= 0.3 is 0 Å². The summed E-state index contributed by atoms with van der Waals surface area (Å²) < 4.78 is 18.2. The summed E-state index contributed by atoms with van der Waals surface area (Å²) in [6.45, 7) is 2.07. The number of fused-ring (bicyclic) bond motifs is 1. The summed E-state index contributed by atoms with van der Waals surface area (Å²) in [5.74, 6) is 2.04. The fourth-order valence-corrected chi connectivity index (χ4v) is 4.64. The van der Waals surface area contributed by atoms with Crippen molar-refractivity contribution in [3.8, 4) is 28.5 Å². The van der Waals surface area contributed by atoms with Crippen LogP contribution >= 0.6 is 11.3 Å². The minimum atomic E-state index is -0.0815. The van der Waals surface area contributed by atoms with E-state index in [-0.39, 0.29) is 5.91 Å². The highest BCUT2D eigenvalue weighted by atomic mass is 32.1. The first-order valence-electron chi connectivity index (χ1n) is 10.5. The summed E-state index contributed by atoms with van der Waals surface area (Å²) in [4.78, 5) is 17.3. The first-order valence-corrected chi connectivity index (χ1v) is 11.4. The Kier molecular flexibility index (Phi) is 6.55. The second kappa shape index (κ2) is 9.54. The highest BCUT2D eigenvalue weighted by Gasteiger charge is 2.18. The van der Waals surface area contributed by atoms with Gasteiger partial charge in [0.15, 0.2) is 16.6 Å². The van der Waals surface area contributed by atoms with Crippen LogP contribution in [-0.2, 0) is 18.3 Å². The van der Waals surface area contributed by atoms with E-state index in [4.69, 9.17) is 19.2 Å². The summed E-state index contributed by atoms with van der Waals surface area (Å²) in [5, 5.41) is 6.57. The number of thiazole rings is 1. The molecule has 0 fully saturated rings. The molecule has 0 bridgehead atoms. The number of amides is 1. The molecule has 1 N–H and O–H groups in total. The third kappa shape index (κ3) is 4.52. The predicted octanol–water partition coefficient (Wildman–Crippen LogP) is 5.21. The summed E-state index contributed by atoms with van der Waals surface area (Å²) in [6.07, 6.45) is 0.932. The molecule has 1 amide bonds. The lowest BCUT2D eigenvalue weighted by Crippen LogP contribution is -2.12. The van der Waals surface area contributed by atoms with Gasteiger partial charge in [-0.05, 0) is 49.2 Å². The molecule has 2 heterocycles. The standard InChI is InChI=1S/C25H27N3O4S/c1-15-24(18-13-17(30-3)8-9-20(18)28(15)2)19-14-33-25(26-19)27-23(29)11-7-16-6-10-21(31-4)22(12-16)32-5/h6,8-10,12-14H,7,11H2,1-5H3,(H,26,27,29). The van der Waals surface area contributed by atoms with Gasteiger partial charge in [-0.25, -0.2) is 4.98 Å². The Balaban J connectivity index is 1.48. The molecule has 0 unspecified atom stereocenters. The third-order valence-corrected chi connectivity index (χ3v) is 6.55. The van der Waals surface area contributed by atoms with Gasteiger partial charge in [-0.2, -0.15) is 0 Å². The van der Waals surface area contributed by atoms with E-state index >= 15 is 0 Å². The Bertz CT molecular complexity index is 1310. The molecule has 0 spiro atoms. The highest BCUT2D eigenvalue weighted by molar-refractivity contribution is 7.14. The topological polar surface area (TPSA) is 74.6 Å². The molecule has 0 aliphatic rings. The Morgan fingerprint density at radius 2 is 1.85 bits per heavy atom. The lowest BCUT2D eigenvalue weighted by molar-refractivity contribution is -0.116. The molecule has 4 rings (SSSR count). The van der Waals surface area contributed by atoms with Crippen LogP contribution in [0.5, 0.6) is 17.2 Å². The van der Waals surface area contributed by atoms with Crippen molar-refractivity contribution in [3.05, 3.63) is 53.0 Å². The molecular weight excluding hydrogens is 438 g/mol. The van der Waals surface area contributed by atoms with Crippen molar-refractivity contribution >= 4 is 33.3 Å². The summed E-state index contributed by atoms with van der Waals surface area (Å²) in [7, 11) is 6.90. The number of hydrogen-bond donors (Lipinski definition) is 1.